The first-order chi connectivity index (χ1) is 9.47. The van der Waals surface area contributed by atoms with Gasteiger partial charge in [-0.15, -0.1) is 0 Å². The Morgan fingerprint density at radius 1 is 1.35 bits per heavy atom. The minimum absolute atomic E-state index is 0.0711. The van der Waals surface area contributed by atoms with Crippen LogP contribution in [0.2, 0.25) is 0 Å². The number of rotatable bonds is 7. The number of hydrogen-bond acceptors (Lipinski definition) is 4. The zero-order valence-electron chi connectivity index (χ0n) is 11.8. The highest BCUT2D eigenvalue weighted by atomic mass is 16.5. The maximum absolute atomic E-state index is 11.8. The molecule has 0 spiro atoms. The van der Waals surface area contributed by atoms with Crippen LogP contribution in [-0.4, -0.2) is 43.9 Å². The number of carboxylic acid groups (broad SMARTS) is 1. The molecule has 1 atom stereocenters. The first-order valence-corrected chi connectivity index (χ1v) is 6.12. The summed E-state index contributed by atoms with van der Waals surface area (Å²) in [5, 5.41) is 11.3. The fourth-order valence-electron chi connectivity index (χ4n) is 1.75. The Morgan fingerprint density at radius 3 is 2.60 bits per heavy atom. The molecule has 0 aliphatic rings. The number of hydrogen-bond donors (Lipinski definition) is 2. The minimum atomic E-state index is -1.12. The minimum Gasteiger partial charge on any atom is -0.496 e. The molecule has 1 unspecified atom stereocenters. The molecule has 0 aliphatic heterocycles. The van der Waals surface area contributed by atoms with Gasteiger partial charge in [-0.25, -0.2) is 4.79 Å². The molecule has 110 valence electrons. The zero-order chi connectivity index (χ0) is 15.1. The van der Waals surface area contributed by atoms with Crippen molar-refractivity contribution < 1.29 is 24.2 Å². The van der Waals surface area contributed by atoms with Gasteiger partial charge in [0.2, 0.25) is 5.91 Å². The van der Waals surface area contributed by atoms with Gasteiger partial charge in [0, 0.05) is 7.11 Å². The van der Waals surface area contributed by atoms with Crippen LogP contribution >= 0.6 is 0 Å². The van der Waals surface area contributed by atoms with Crippen LogP contribution in [0.25, 0.3) is 0 Å². The first-order valence-electron chi connectivity index (χ1n) is 6.12. The summed E-state index contributed by atoms with van der Waals surface area (Å²) in [4.78, 5) is 22.7. The summed E-state index contributed by atoms with van der Waals surface area (Å²) in [7, 11) is 2.94. The van der Waals surface area contributed by atoms with Crippen LogP contribution in [-0.2, 0) is 20.7 Å². The van der Waals surface area contributed by atoms with Crippen LogP contribution in [0.5, 0.6) is 5.75 Å². The van der Waals surface area contributed by atoms with Crippen molar-refractivity contribution in [3.8, 4) is 5.75 Å². The van der Waals surface area contributed by atoms with Crippen molar-refractivity contribution in [1.82, 2.24) is 5.32 Å². The van der Waals surface area contributed by atoms with E-state index in [9.17, 15) is 9.59 Å². The fourth-order valence-corrected chi connectivity index (χ4v) is 1.75. The lowest BCUT2D eigenvalue weighted by Crippen LogP contribution is -2.44. The topological polar surface area (TPSA) is 84.9 Å². The molecule has 0 fully saturated rings. The number of aryl methyl sites for hydroxylation is 1. The van der Waals surface area contributed by atoms with E-state index in [1.54, 1.807) is 13.2 Å². The van der Waals surface area contributed by atoms with E-state index >= 15 is 0 Å². The van der Waals surface area contributed by atoms with Crippen LogP contribution in [0.4, 0.5) is 0 Å². The third-order valence-corrected chi connectivity index (χ3v) is 2.80. The Bertz CT molecular complexity index is 486. The Hall–Kier alpha value is -2.08. The van der Waals surface area contributed by atoms with Gasteiger partial charge in [-0.05, 0) is 24.1 Å². The summed E-state index contributed by atoms with van der Waals surface area (Å²) in [5.74, 6) is -0.802. The highest BCUT2D eigenvalue weighted by Crippen LogP contribution is 2.19. The van der Waals surface area contributed by atoms with Gasteiger partial charge in [0.25, 0.3) is 0 Å². The van der Waals surface area contributed by atoms with Gasteiger partial charge in [-0.3, -0.25) is 4.79 Å². The lowest BCUT2D eigenvalue weighted by molar-refractivity contribution is -0.143. The van der Waals surface area contributed by atoms with Gasteiger partial charge < -0.3 is 19.9 Å². The van der Waals surface area contributed by atoms with Gasteiger partial charge in [-0.1, -0.05) is 12.1 Å². The Labute approximate surface area is 117 Å². The molecule has 1 aromatic rings. The molecule has 0 saturated heterocycles. The number of methoxy groups -OCH3 is 2. The van der Waals surface area contributed by atoms with Crippen LogP contribution < -0.4 is 10.1 Å². The first kappa shape index (κ1) is 16.0. The molecule has 0 radical (unpaired) electrons. The van der Waals surface area contributed by atoms with E-state index < -0.39 is 12.0 Å². The molecule has 0 bridgehead atoms. The van der Waals surface area contributed by atoms with Crippen molar-refractivity contribution in [2.75, 3.05) is 20.8 Å². The summed E-state index contributed by atoms with van der Waals surface area (Å²) in [6.07, 6.45) is 0.0874. The summed E-state index contributed by atoms with van der Waals surface area (Å²) >= 11 is 0. The predicted octanol–water partition coefficient (Wildman–Crippen LogP) is 0.762. The third-order valence-electron chi connectivity index (χ3n) is 2.80. The standard InChI is InChI=1S/C14H19NO5/c1-9-4-5-10(6-12(9)20-3)7-13(16)15-11(8-19-2)14(17)18/h4-6,11H,7-8H2,1-3H3,(H,15,16)(H,17,18). The fraction of sp³-hybridized carbons (Fsp3) is 0.429. The van der Waals surface area contributed by atoms with E-state index in [0.717, 1.165) is 11.1 Å². The van der Waals surface area contributed by atoms with Gasteiger partial charge in [0.1, 0.15) is 5.75 Å². The molecule has 1 rings (SSSR count). The van der Waals surface area contributed by atoms with E-state index in [1.807, 2.05) is 19.1 Å². The number of benzene rings is 1. The Morgan fingerprint density at radius 2 is 2.05 bits per heavy atom. The van der Waals surface area contributed by atoms with Gasteiger partial charge in [-0.2, -0.15) is 0 Å². The van der Waals surface area contributed by atoms with Crippen molar-refractivity contribution in [2.24, 2.45) is 0 Å². The third kappa shape index (κ3) is 4.55. The maximum Gasteiger partial charge on any atom is 0.328 e. The molecule has 0 heterocycles. The Balaban J connectivity index is 2.68. The van der Waals surface area contributed by atoms with Crippen molar-refractivity contribution in [3.63, 3.8) is 0 Å². The number of carbonyl (C=O) groups is 2. The monoisotopic (exact) mass is 281 g/mol. The maximum atomic E-state index is 11.8. The number of carboxylic acids is 1. The van der Waals surface area contributed by atoms with E-state index in [-0.39, 0.29) is 18.9 Å². The lowest BCUT2D eigenvalue weighted by atomic mass is 10.1. The number of ether oxygens (including phenoxy) is 2. The highest BCUT2D eigenvalue weighted by molar-refractivity contribution is 5.85. The molecule has 0 aromatic heterocycles. The second kappa shape index (κ2) is 7.49. The quantitative estimate of drug-likeness (QED) is 0.771. The average Bonchev–Trinajstić information content (AvgIpc) is 2.40. The average molecular weight is 281 g/mol. The van der Waals surface area contributed by atoms with Crippen molar-refractivity contribution in [3.05, 3.63) is 29.3 Å². The van der Waals surface area contributed by atoms with E-state index in [1.165, 1.54) is 7.11 Å². The SMILES string of the molecule is COCC(NC(=O)Cc1ccc(C)c(OC)c1)C(=O)O. The van der Waals surface area contributed by atoms with Crippen molar-refractivity contribution >= 4 is 11.9 Å². The van der Waals surface area contributed by atoms with Crippen LogP contribution in [0.15, 0.2) is 18.2 Å². The smallest absolute Gasteiger partial charge is 0.328 e. The summed E-state index contributed by atoms with van der Waals surface area (Å²) < 4.78 is 9.93. The molecule has 1 amide bonds. The molecule has 20 heavy (non-hydrogen) atoms. The van der Waals surface area contributed by atoms with Gasteiger partial charge in [0.15, 0.2) is 6.04 Å². The number of carbonyl (C=O) groups excluding carboxylic acids is 1. The number of amides is 1. The van der Waals surface area contributed by atoms with E-state index in [0.29, 0.717) is 5.75 Å². The Kier molecular flexibility index (Phi) is 5.99. The normalized spacial score (nSPS) is 11.8. The van der Waals surface area contributed by atoms with E-state index in [2.05, 4.69) is 5.32 Å². The molecule has 0 aliphatic carbocycles. The van der Waals surface area contributed by atoms with Crippen LogP contribution in [0, 0.1) is 6.92 Å². The summed E-state index contributed by atoms with van der Waals surface area (Å²) in [5.41, 5.74) is 1.73. The number of nitrogens with one attached hydrogen (secondary N) is 1. The predicted molar refractivity (Wildman–Crippen MR) is 72.9 cm³/mol. The second-order valence-corrected chi connectivity index (χ2v) is 4.39. The molecular formula is C14H19NO5. The number of aliphatic carboxylic acids is 1. The van der Waals surface area contributed by atoms with Crippen LogP contribution in [0.3, 0.4) is 0 Å². The zero-order valence-corrected chi connectivity index (χ0v) is 11.8. The second-order valence-electron chi connectivity index (χ2n) is 4.39. The van der Waals surface area contributed by atoms with Crippen molar-refractivity contribution in [1.29, 1.82) is 0 Å². The van der Waals surface area contributed by atoms with Crippen LogP contribution in [0.1, 0.15) is 11.1 Å². The summed E-state index contributed by atoms with van der Waals surface area (Å²) in [6, 6.07) is 4.38. The molecule has 6 nitrogen and oxygen atoms in total. The largest absolute Gasteiger partial charge is 0.496 e. The van der Waals surface area contributed by atoms with Crippen molar-refractivity contribution in [2.45, 2.75) is 19.4 Å². The summed E-state index contributed by atoms with van der Waals surface area (Å²) in [6.45, 7) is 1.83. The molecular weight excluding hydrogens is 262 g/mol. The molecule has 0 saturated carbocycles. The molecule has 2 N–H and O–H groups in total. The molecule has 6 heteroatoms. The van der Waals surface area contributed by atoms with Gasteiger partial charge >= 0.3 is 5.97 Å². The highest BCUT2D eigenvalue weighted by Gasteiger charge is 2.19. The van der Waals surface area contributed by atoms with Gasteiger partial charge in [0.05, 0.1) is 20.1 Å². The molecule has 1 aromatic carbocycles. The van der Waals surface area contributed by atoms with E-state index in [4.69, 9.17) is 14.6 Å². The lowest BCUT2D eigenvalue weighted by Gasteiger charge is -2.14.